The molecule has 0 saturated carbocycles. The molecule has 0 aliphatic rings. The SMILES string of the molecule is CCOS(=O)OS(=O)O. The van der Waals surface area contributed by atoms with Crippen LogP contribution in [-0.2, 0) is 30.5 Å². The predicted octanol–water partition coefficient (Wildman–Crippen LogP) is -0.245. The van der Waals surface area contributed by atoms with E-state index in [1.54, 1.807) is 6.92 Å². The van der Waals surface area contributed by atoms with Crippen molar-refractivity contribution >= 4 is 22.7 Å². The maximum Gasteiger partial charge on any atom is 0.320 e. The summed E-state index contributed by atoms with van der Waals surface area (Å²) in [5.41, 5.74) is 0. The Hall–Kier alpha value is 0.180. The number of rotatable bonds is 4. The summed E-state index contributed by atoms with van der Waals surface area (Å²) in [6.07, 6.45) is 0. The van der Waals surface area contributed by atoms with Gasteiger partial charge in [0.15, 0.2) is 0 Å². The molecule has 0 aromatic rings. The first-order valence-electron chi connectivity index (χ1n) is 2.01. The molecule has 0 aliphatic heterocycles. The van der Waals surface area contributed by atoms with Gasteiger partial charge in [-0.1, -0.05) is 0 Å². The van der Waals surface area contributed by atoms with Gasteiger partial charge >= 0.3 is 22.7 Å². The Morgan fingerprint density at radius 3 is 2.44 bits per heavy atom. The van der Waals surface area contributed by atoms with Crippen molar-refractivity contribution in [3.8, 4) is 0 Å². The van der Waals surface area contributed by atoms with Gasteiger partial charge in [0.1, 0.15) is 0 Å². The van der Waals surface area contributed by atoms with Crippen LogP contribution in [0.1, 0.15) is 6.92 Å². The maximum atomic E-state index is 10.2. The molecule has 0 fully saturated rings. The van der Waals surface area contributed by atoms with Gasteiger partial charge in [-0.15, -0.1) is 3.63 Å². The quantitative estimate of drug-likeness (QED) is 0.595. The van der Waals surface area contributed by atoms with E-state index in [2.05, 4.69) is 7.81 Å². The first-order valence-corrected chi connectivity index (χ1v) is 4.04. The van der Waals surface area contributed by atoms with E-state index in [1.165, 1.54) is 0 Å². The molecule has 0 heterocycles. The minimum absolute atomic E-state index is 0.170. The Morgan fingerprint density at radius 2 is 2.11 bits per heavy atom. The van der Waals surface area contributed by atoms with Crippen LogP contribution in [0.2, 0.25) is 0 Å². The highest BCUT2D eigenvalue weighted by molar-refractivity contribution is 7.88. The average molecular weight is 174 g/mol. The van der Waals surface area contributed by atoms with E-state index in [0.717, 1.165) is 0 Å². The van der Waals surface area contributed by atoms with Crippen molar-refractivity contribution in [2.45, 2.75) is 6.92 Å². The summed E-state index contributed by atoms with van der Waals surface area (Å²) in [7, 11) is 0. The summed E-state index contributed by atoms with van der Waals surface area (Å²) < 4.78 is 35.8. The molecule has 0 aromatic carbocycles. The van der Waals surface area contributed by atoms with Crippen LogP contribution in [0.15, 0.2) is 0 Å². The molecule has 1 N–H and O–H groups in total. The zero-order valence-electron chi connectivity index (χ0n) is 4.60. The Balaban J connectivity index is 3.39. The van der Waals surface area contributed by atoms with Gasteiger partial charge < -0.3 is 0 Å². The second-order valence-corrected chi connectivity index (χ2v) is 2.52. The second-order valence-electron chi connectivity index (χ2n) is 0.896. The first-order chi connectivity index (χ1) is 4.16. The maximum absolute atomic E-state index is 10.2. The van der Waals surface area contributed by atoms with Gasteiger partial charge in [-0.3, -0.25) is 8.74 Å². The van der Waals surface area contributed by atoms with Crippen molar-refractivity contribution in [1.29, 1.82) is 0 Å². The van der Waals surface area contributed by atoms with Gasteiger partial charge in [-0.2, -0.15) is 8.42 Å². The lowest BCUT2D eigenvalue weighted by molar-refractivity contribution is 0.326. The zero-order valence-corrected chi connectivity index (χ0v) is 6.24. The zero-order chi connectivity index (χ0) is 7.28. The third-order valence-electron chi connectivity index (χ3n) is 0.328. The van der Waals surface area contributed by atoms with E-state index >= 15 is 0 Å². The van der Waals surface area contributed by atoms with Crippen molar-refractivity contribution in [1.82, 2.24) is 0 Å². The third-order valence-corrected chi connectivity index (χ3v) is 1.67. The lowest BCUT2D eigenvalue weighted by Gasteiger charge is -1.93. The van der Waals surface area contributed by atoms with Crippen LogP contribution in [0, 0.1) is 0 Å². The normalized spacial score (nSPS) is 17.1. The van der Waals surface area contributed by atoms with Crippen LogP contribution in [0.4, 0.5) is 0 Å². The van der Waals surface area contributed by atoms with Crippen LogP contribution in [0.3, 0.4) is 0 Å². The van der Waals surface area contributed by atoms with Gasteiger partial charge in [0.2, 0.25) is 0 Å². The van der Waals surface area contributed by atoms with Gasteiger partial charge in [-0.25, -0.2) is 0 Å². The number of hydrogen-bond acceptors (Lipinski definition) is 4. The van der Waals surface area contributed by atoms with Crippen LogP contribution in [0.25, 0.3) is 0 Å². The molecule has 0 bridgehead atoms. The van der Waals surface area contributed by atoms with E-state index in [9.17, 15) is 8.42 Å². The van der Waals surface area contributed by atoms with Crippen molar-refractivity contribution in [3.63, 3.8) is 0 Å². The number of hydrogen-bond donors (Lipinski definition) is 1. The highest BCUT2D eigenvalue weighted by Crippen LogP contribution is 1.89. The molecule has 56 valence electrons. The Morgan fingerprint density at radius 1 is 1.56 bits per heavy atom. The topological polar surface area (TPSA) is 72.8 Å². The van der Waals surface area contributed by atoms with Gasteiger partial charge in [0.25, 0.3) is 0 Å². The van der Waals surface area contributed by atoms with Crippen molar-refractivity contribution < 1.29 is 20.8 Å². The molecule has 0 rings (SSSR count). The van der Waals surface area contributed by atoms with E-state index in [-0.39, 0.29) is 6.61 Å². The smallest absolute Gasteiger partial charge is 0.283 e. The molecule has 0 amide bonds. The van der Waals surface area contributed by atoms with Crippen molar-refractivity contribution in [2.24, 2.45) is 0 Å². The molecule has 9 heavy (non-hydrogen) atoms. The Kier molecular flexibility index (Phi) is 5.10. The highest BCUT2D eigenvalue weighted by Gasteiger charge is 2.02. The summed E-state index contributed by atoms with van der Waals surface area (Å²) >= 11 is -4.62. The molecule has 0 aromatic heterocycles. The minimum atomic E-state index is -2.52. The van der Waals surface area contributed by atoms with E-state index < -0.39 is 22.7 Å². The van der Waals surface area contributed by atoms with Crippen LogP contribution < -0.4 is 0 Å². The van der Waals surface area contributed by atoms with Crippen LogP contribution >= 0.6 is 0 Å². The fourth-order valence-corrected chi connectivity index (χ4v) is 0.893. The van der Waals surface area contributed by atoms with Crippen molar-refractivity contribution in [3.05, 3.63) is 0 Å². The summed E-state index contributed by atoms with van der Waals surface area (Å²) in [6, 6.07) is 0. The van der Waals surface area contributed by atoms with Gasteiger partial charge in [0, 0.05) is 0 Å². The van der Waals surface area contributed by atoms with Crippen LogP contribution in [0.5, 0.6) is 0 Å². The van der Waals surface area contributed by atoms with Gasteiger partial charge in [-0.05, 0) is 6.92 Å². The molecule has 0 saturated heterocycles. The largest absolute Gasteiger partial charge is 0.320 e. The lowest BCUT2D eigenvalue weighted by atomic mass is 10.9. The third kappa shape index (κ3) is 6.06. The molecule has 0 aliphatic carbocycles. The minimum Gasteiger partial charge on any atom is -0.283 e. The standard InChI is InChI=1S/C2H6O5S2/c1-2-6-9(5)7-8(3)4/h2H2,1H3,(H,3,4). The predicted molar refractivity (Wildman–Crippen MR) is 31.6 cm³/mol. The molecular weight excluding hydrogens is 168 g/mol. The molecule has 0 radical (unpaired) electrons. The summed E-state index contributed by atoms with van der Waals surface area (Å²) in [6.45, 7) is 1.76. The molecule has 2 unspecified atom stereocenters. The fraction of sp³-hybridized carbons (Fsp3) is 1.00. The van der Waals surface area contributed by atoms with E-state index in [1.807, 2.05) is 0 Å². The molecule has 7 heteroatoms. The average Bonchev–Trinajstić information content (AvgIpc) is 1.63. The first kappa shape index (κ1) is 9.18. The lowest BCUT2D eigenvalue weighted by Crippen LogP contribution is -2.03. The fourth-order valence-electron chi connectivity index (χ4n) is 0.163. The molecule has 0 spiro atoms. The molecule has 5 nitrogen and oxygen atoms in total. The van der Waals surface area contributed by atoms with E-state index in [0.29, 0.717) is 0 Å². The summed E-state index contributed by atoms with van der Waals surface area (Å²) in [5, 5.41) is 0. The summed E-state index contributed by atoms with van der Waals surface area (Å²) in [4.78, 5) is 0. The molecule has 2 atom stereocenters. The highest BCUT2D eigenvalue weighted by atomic mass is 32.3. The monoisotopic (exact) mass is 174 g/mol. The second kappa shape index (κ2) is 5.00. The molecular formula is C2H6O5S2. The Bertz CT molecular complexity index is 122. The van der Waals surface area contributed by atoms with Crippen LogP contribution in [-0.4, -0.2) is 19.6 Å². The van der Waals surface area contributed by atoms with Gasteiger partial charge in [0.05, 0.1) is 6.61 Å². The van der Waals surface area contributed by atoms with Crippen molar-refractivity contribution in [2.75, 3.05) is 6.61 Å². The van der Waals surface area contributed by atoms with E-state index in [4.69, 9.17) is 4.55 Å². The Labute approximate surface area is 57.7 Å². The summed E-state index contributed by atoms with van der Waals surface area (Å²) in [5.74, 6) is 0.